The van der Waals surface area contributed by atoms with E-state index in [0.717, 1.165) is 12.8 Å². The van der Waals surface area contributed by atoms with Gasteiger partial charge >= 0.3 is 5.97 Å². The van der Waals surface area contributed by atoms with E-state index in [0.29, 0.717) is 5.56 Å². The number of hydrogen-bond donors (Lipinski definition) is 0. The van der Waals surface area contributed by atoms with E-state index in [1.54, 1.807) is 0 Å². The normalized spacial score (nSPS) is 22.3. The van der Waals surface area contributed by atoms with Crippen LogP contribution in [0.3, 0.4) is 0 Å². The number of rotatable bonds is 7. The lowest BCUT2D eigenvalue weighted by Gasteiger charge is -2.06. The van der Waals surface area contributed by atoms with E-state index in [2.05, 4.69) is 19.9 Å². The molecule has 6 heteroatoms. The highest BCUT2D eigenvalue weighted by Gasteiger charge is 2.52. The number of nitro groups is 1. The number of epoxide rings is 1. The van der Waals surface area contributed by atoms with E-state index in [9.17, 15) is 14.9 Å². The quantitative estimate of drug-likeness (QED) is 0.252. The molecule has 6 nitrogen and oxygen atoms in total. The van der Waals surface area contributed by atoms with Crippen LogP contribution in [0.25, 0.3) is 0 Å². The van der Waals surface area contributed by atoms with Gasteiger partial charge in [0.15, 0.2) is 0 Å². The molecule has 0 N–H and O–H groups in total. The summed E-state index contributed by atoms with van der Waals surface area (Å²) in [4.78, 5) is 22.0. The highest BCUT2D eigenvalue weighted by Crippen LogP contribution is 2.40. The molecule has 2 rings (SSSR count). The van der Waals surface area contributed by atoms with Crippen molar-refractivity contribution < 1.29 is 19.2 Å². The standard InChI is InChI=1S/C17H21NO5/c1-12(2)5-4-10-17(3)15(23-17)11-22-16(19)13-6-8-14(9-7-13)18(20)21/h5-9,15H,4,10-11H2,1-3H3/t15-,17-/m0/s1. The van der Waals surface area contributed by atoms with Crippen LogP contribution in [0.4, 0.5) is 5.69 Å². The fourth-order valence-electron chi connectivity index (χ4n) is 2.32. The summed E-state index contributed by atoms with van der Waals surface area (Å²) >= 11 is 0. The summed E-state index contributed by atoms with van der Waals surface area (Å²) < 4.78 is 10.9. The molecule has 23 heavy (non-hydrogen) atoms. The fourth-order valence-corrected chi connectivity index (χ4v) is 2.32. The molecule has 0 amide bonds. The number of nitro benzene ring substituents is 1. The Morgan fingerprint density at radius 2 is 2.04 bits per heavy atom. The molecule has 0 unspecified atom stereocenters. The Hall–Kier alpha value is -2.21. The van der Waals surface area contributed by atoms with E-state index < -0.39 is 10.9 Å². The average Bonchev–Trinajstić information content (AvgIpc) is 3.15. The Bertz CT molecular complexity index is 618. The van der Waals surface area contributed by atoms with Crippen molar-refractivity contribution in [3.8, 4) is 0 Å². The minimum Gasteiger partial charge on any atom is -0.459 e. The van der Waals surface area contributed by atoms with Gasteiger partial charge in [-0.25, -0.2) is 4.79 Å². The van der Waals surface area contributed by atoms with Crippen molar-refractivity contribution in [3.05, 3.63) is 51.6 Å². The maximum Gasteiger partial charge on any atom is 0.338 e. The molecule has 124 valence electrons. The van der Waals surface area contributed by atoms with Gasteiger partial charge in [-0.05, 0) is 45.7 Å². The van der Waals surface area contributed by atoms with Crippen LogP contribution < -0.4 is 0 Å². The minimum atomic E-state index is -0.509. The predicted molar refractivity (Wildman–Crippen MR) is 85.3 cm³/mol. The van der Waals surface area contributed by atoms with Crippen molar-refractivity contribution in [1.82, 2.24) is 0 Å². The topological polar surface area (TPSA) is 82.0 Å². The van der Waals surface area contributed by atoms with Gasteiger partial charge in [-0.3, -0.25) is 10.1 Å². The number of benzene rings is 1. The molecular formula is C17H21NO5. The van der Waals surface area contributed by atoms with Gasteiger partial charge in [0.05, 0.1) is 16.1 Å². The molecule has 1 aliphatic rings. The number of nitrogens with zero attached hydrogens (tertiary/aromatic N) is 1. The van der Waals surface area contributed by atoms with Gasteiger partial charge in [0.1, 0.15) is 12.7 Å². The van der Waals surface area contributed by atoms with Crippen LogP contribution in [-0.4, -0.2) is 29.2 Å². The van der Waals surface area contributed by atoms with Crippen LogP contribution in [-0.2, 0) is 9.47 Å². The maximum absolute atomic E-state index is 11.9. The lowest BCUT2D eigenvalue weighted by atomic mass is 10.0. The number of carbonyl (C=O) groups is 1. The third kappa shape index (κ3) is 4.63. The predicted octanol–water partition coefficient (Wildman–Crippen LogP) is 3.66. The summed E-state index contributed by atoms with van der Waals surface area (Å²) in [6, 6.07) is 5.35. The Morgan fingerprint density at radius 1 is 1.39 bits per heavy atom. The highest BCUT2D eigenvalue weighted by atomic mass is 16.6. The second-order valence-electron chi connectivity index (χ2n) is 6.14. The largest absolute Gasteiger partial charge is 0.459 e. The van der Waals surface area contributed by atoms with Gasteiger partial charge < -0.3 is 9.47 Å². The van der Waals surface area contributed by atoms with Crippen molar-refractivity contribution >= 4 is 11.7 Å². The molecule has 0 aliphatic carbocycles. The van der Waals surface area contributed by atoms with Crippen LogP contribution in [0.15, 0.2) is 35.9 Å². The van der Waals surface area contributed by atoms with Gasteiger partial charge in [0.2, 0.25) is 0 Å². The first-order chi connectivity index (χ1) is 10.8. The molecule has 0 bridgehead atoms. The van der Waals surface area contributed by atoms with Crippen molar-refractivity contribution in [2.24, 2.45) is 0 Å². The zero-order chi connectivity index (χ0) is 17.0. The Labute approximate surface area is 135 Å². The van der Waals surface area contributed by atoms with Crippen LogP contribution in [0.2, 0.25) is 0 Å². The fraction of sp³-hybridized carbons (Fsp3) is 0.471. The third-order valence-electron chi connectivity index (χ3n) is 3.91. The minimum absolute atomic E-state index is 0.0566. The lowest BCUT2D eigenvalue weighted by Crippen LogP contribution is -2.17. The molecule has 1 saturated heterocycles. The Morgan fingerprint density at radius 3 is 2.61 bits per heavy atom. The Kier molecular flexibility index (Phi) is 5.15. The third-order valence-corrected chi connectivity index (χ3v) is 3.91. The van der Waals surface area contributed by atoms with Crippen molar-refractivity contribution in [2.45, 2.75) is 45.3 Å². The van der Waals surface area contributed by atoms with Gasteiger partial charge in [-0.15, -0.1) is 0 Å². The molecule has 0 spiro atoms. The zero-order valence-corrected chi connectivity index (χ0v) is 13.6. The van der Waals surface area contributed by atoms with Crippen LogP contribution >= 0.6 is 0 Å². The van der Waals surface area contributed by atoms with E-state index in [1.165, 1.54) is 29.8 Å². The SMILES string of the molecule is CC(C)=CCC[C@]1(C)O[C@H]1COC(=O)c1ccc([N+](=O)[O-])cc1. The number of ether oxygens (including phenoxy) is 2. The molecule has 1 heterocycles. The first-order valence-electron chi connectivity index (χ1n) is 7.54. The van der Waals surface area contributed by atoms with Crippen molar-refractivity contribution in [3.63, 3.8) is 0 Å². The summed E-state index contributed by atoms with van der Waals surface area (Å²) in [6.45, 7) is 6.32. The molecule has 2 atom stereocenters. The molecule has 0 saturated carbocycles. The summed E-state index contributed by atoms with van der Waals surface area (Å²) in [5.74, 6) is -0.498. The van der Waals surface area contributed by atoms with E-state index in [1.807, 2.05) is 6.92 Å². The van der Waals surface area contributed by atoms with Gasteiger partial charge in [0, 0.05) is 12.1 Å². The zero-order valence-electron chi connectivity index (χ0n) is 13.6. The molecule has 1 fully saturated rings. The lowest BCUT2D eigenvalue weighted by molar-refractivity contribution is -0.384. The van der Waals surface area contributed by atoms with Crippen LogP contribution in [0.5, 0.6) is 0 Å². The van der Waals surface area contributed by atoms with E-state index >= 15 is 0 Å². The second-order valence-corrected chi connectivity index (χ2v) is 6.14. The monoisotopic (exact) mass is 319 g/mol. The van der Waals surface area contributed by atoms with Crippen molar-refractivity contribution in [2.75, 3.05) is 6.61 Å². The first kappa shape index (κ1) is 17.1. The van der Waals surface area contributed by atoms with Crippen LogP contribution in [0, 0.1) is 10.1 Å². The summed E-state index contributed by atoms with van der Waals surface area (Å²) in [5, 5.41) is 10.6. The second kappa shape index (κ2) is 6.91. The number of non-ortho nitro benzene ring substituents is 1. The van der Waals surface area contributed by atoms with Gasteiger partial charge in [-0.1, -0.05) is 11.6 Å². The van der Waals surface area contributed by atoms with Crippen LogP contribution in [0.1, 0.15) is 44.0 Å². The summed E-state index contributed by atoms with van der Waals surface area (Å²) in [7, 11) is 0. The number of carbonyl (C=O) groups excluding carboxylic acids is 1. The molecule has 1 aromatic carbocycles. The maximum atomic E-state index is 11.9. The highest BCUT2D eigenvalue weighted by molar-refractivity contribution is 5.89. The van der Waals surface area contributed by atoms with Gasteiger partial charge in [0.25, 0.3) is 5.69 Å². The molecule has 0 radical (unpaired) electrons. The van der Waals surface area contributed by atoms with E-state index in [-0.39, 0.29) is 24.0 Å². The Balaban J connectivity index is 1.79. The first-order valence-corrected chi connectivity index (χ1v) is 7.54. The summed E-state index contributed by atoms with van der Waals surface area (Å²) in [6.07, 6.45) is 3.89. The number of hydrogen-bond acceptors (Lipinski definition) is 5. The van der Waals surface area contributed by atoms with Gasteiger partial charge in [-0.2, -0.15) is 0 Å². The smallest absolute Gasteiger partial charge is 0.338 e. The molecule has 1 aromatic rings. The number of esters is 1. The average molecular weight is 319 g/mol. The molecule has 0 aromatic heterocycles. The molecule has 1 aliphatic heterocycles. The van der Waals surface area contributed by atoms with Crippen molar-refractivity contribution in [1.29, 1.82) is 0 Å². The number of allylic oxidation sites excluding steroid dienone is 2. The molecular weight excluding hydrogens is 298 g/mol. The van der Waals surface area contributed by atoms with E-state index in [4.69, 9.17) is 9.47 Å². The summed E-state index contributed by atoms with van der Waals surface area (Å²) in [5.41, 5.74) is 1.28.